The second kappa shape index (κ2) is 3.16. The van der Waals surface area contributed by atoms with Crippen LogP contribution in [-0.2, 0) is 0 Å². The lowest BCUT2D eigenvalue weighted by molar-refractivity contribution is 0.322. The molecule has 0 radical (unpaired) electrons. The zero-order chi connectivity index (χ0) is 10.2. The summed E-state index contributed by atoms with van der Waals surface area (Å²) >= 11 is 0. The van der Waals surface area contributed by atoms with Gasteiger partial charge < -0.3 is 5.11 Å². The Morgan fingerprint density at radius 2 is 1.71 bits per heavy atom. The highest BCUT2D eigenvalue weighted by molar-refractivity contribution is 5.69. The third kappa shape index (κ3) is 1.67. The average molecular weight is 188 g/mol. The van der Waals surface area contributed by atoms with Gasteiger partial charge in [0.05, 0.1) is 5.76 Å². The van der Waals surface area contributed by atoms with Crippen molar-refractivity contribution in [1.82, 2.24) is 0 Å². The van der Waals surface area contributed by atoms with Crippen LogP contribution >= 0.6 is 0 Å². The van der Waals surface area contributed by atoms with Crippen LogP contribution in [0.2, 0.25) is 0 Å². The van der Waals surface area contributed by atoms with E-state index in [9.17, 15) is 5.11 Å². The summed E-state index contributed by atoms with van der Waals surface area (Å²) < 4.78 is 0. The summed E-state index contributed by atoms with van der Waals surface area (Å²) in [4.78, 5) is 0. The van der Waals surface area contributed by atoms with E-state index in [1.165, 1.54) is 0 Å². The van der Waals surface area contributed by atoms with Crippen LogP contribution in [-0.4, -0.2) is 5.11 Å². The highest BCUT2D eigenvalue weighted by Gasteiger charge is 2.30. The summed E-state index contributed by atoms with van der Waals surface area (Å²) in [5.74, 6) is 0.571. The molecule has 0 fully saturated rings. The van der Waals surface area contributed by atoms with Crippen molar-refractivity contribution in [1.29, 1.82) is 0 Å². The van der Waals surface area contributed by atoms with Gasteiger partial charge in [0.25, 0.3) is 0 Å². The molecule has 1 aromatic carbocycles. The Bertz CT molecular complexity index is 360. The van der Waals surface area contributed by atoms with E-state index in [0.29, 0.717) is 5.76 Å². The van der Waals surface area contributed by atoms with Crippen LogP contribution in [0.5, 0.6) is 0 Å². The zero-order valence-electron chi connectivity index (χ0n) is 8.75. The summed E-state index contributed by atoms with van der Waals surface area (Å²) in [6, 6.07) is 10.2. The van der Waals surface area contributed by atoms with E-state index in [1.807, 2.05) is 18.2 Å². The summed E-state index contributed by atoms with van der Waals surface area (Å²) in [5.41, 5.74) is 2.50. The highest BCUT2D eigenvalue weighted by Crippen LogP contribution is 2.44. The number of aliphatic hydroxyl groups excluding tert-OH is 1. The molecule has 0 heterocycles. The van der Waals surface area contributed by atoms with Gasteiger partial charge in [-0.3, -0.25) is 0 Å². The molecule has 0 aliphatic heterocycles. The minimum Gasteiger partial charge on any atom is -0.512 e. The van der Waals surface area contributed by atoms with Crippen molar-refractivity contribution >= 4 is 5.57 Å². The molecule has 0 unspecified atom stereocenters. The first-order valence-corrected chi connectivity index (χ1v) is 5.05. The maximum Gasteiger partial charge on any atom is 0.0966 e. The quantitative estimate of drug-likeness (QED) is 0.711. The molecule has 0 spiro atoms. The lowest BCUT2D eigenvalue weighted by Crippen LogP contribution is -2.05. The van der Waals surface area contributed by atoms with Gasteiger partial charge in [0.2, 0.25) is 0 Å². The summed E-state index contributed by atoms with van der Waals surface area (Å²) in [7, 11) is 0. The lowest BCUT2D eigenvalue weighted by Gasteiger charge is -2.16. The molecule has 2 rings (SSSR count). The smallest absolute Gasteiger partial charge is 0.0966 e. The van der Waals surface area contributed by atoms with Crippen LogP contribution in [0.25, 0.3) is 5.57 Å². The maximum atomic E-state index is 9.86. The van der Waals surface area contributed by atoms with Crippen LogP contribution in [0.1, 0.15) is 32.3 Å². The van der Waals surface area contributed by atoms with Gasteiger partial charge in [-0.1, -0.05) is 44.2 Å². The summed E-state index contributed by atoms with van der Waals surface area (Å²) in [6.45, 7) is 4.39. The Morgan fingerprint density at radius 3 is 2.21 bits per heavy atom. The van der Waals surface area contributed by atoms with Gasteiger partial charge in [-0.25, -0.2) is 0 Å². The molecule has 1 N–H and O–H groups in total. The first-order valence-electron chi connectivity index (χ1n) is 5.05. The van der Waals surface area contributed by atoms with Gasteiger partial charge in [-0.2, -0.15) is 0 Å². The SMILES string of the molecule is CC1(C)CC(O)=C(c2ccccc2)C1. The van der Waals surface area contributed by atoms with Gasteiger partial charge in [0.15, 0.2) is 0 Å². The normalized spacial score (nSPS) is 20.1. The van der Waals surface area contributed by atoms with E-state index >= 15 is 0 Å². The predicted octanol–water partition coefficient (Wildman–Crippen LogP) is 3.78. The van der Waals surface area contributed by atoms with Gasteiger partial charge in [0, 0.05) is 6.42 Å². The van der Waals surface area contributed by atoms with E-state index in [1.54, 1.807) is 0 Å². The Labute approximate surface area is 85.1 Å². The van der Waals surface area contributed by atoms with Crippen LogP contribution in [0.4, 0.5) is 0 Å². The third-order valence-electron chi connectivity index (χ3n) is 2.77. The molecule has 1 nitrogen and oxygen atoms in total. The van der Waals surface area contributed by atoms with Crippen molar-refractivity contribution in [3.63, 3.8) is 0 Å². The van der Waals surface area contributed by atoms with Crippen LogP contribution in [0.3, 0.4) is 0 Å². The molecular weight excluding hydrogens is 172 g/mol. The van der Waals surface area contributed by atoms with Gasteiger partial charge in [-0.15, -0.1) is 0 Å². The van der Waals surface area contributed by atoms with Crippen molar-refractivity contribution in [3.05, 3.63) is 41.7 Å². The number of hydrogen-bond acceptors (Lipinski definition) is 1. The Balaban J connectivity index is 2.33. The topological polar surface area (TPSA) is 20.2 Å². The molecule has 1 aromatic rings. The second-order valence-corrected chi connectivity index (χ2v) is 4.81. The second-order valence-electron chi connectivity index (χ2n) is 4.81. The highest BCUT2D eigenvalue weighted by atomic mass is 16.3. The molecule has 14 heavy (non-hydrogen) atoms. The lowest BCUT2D eigenvalue weighted by atomic mass is 9.88. The molecule has 1 heteroatoms. The van der Waals surface area contributed by atoms with Crippen molar-refractivity contribution in [3.8, 4) is 0 Å². The summed E-state index contributed by atoms with van der Waals surface area (Å²) in [6.07, 6.45) is 1.78. The molecule has 0 saturated heterocycles. The fourth-order valence-electron chi connectivity index (χ4n) is 2.11. The number of aliphatic hydroxyl groups is 1. The number of benzene rings is 1. The molecule has 0 atom stereocenters. The fraction of sp³-hybridized carbons (Fsp3) is 0.385. The van der Waals surface area contributed by atoms with Crippen molar-refractivity contribution in [2.45, 2.75) is 26.7 Å². The number of hydrogen-bond donors (Lipinski definition) is 1. The maximum absolute atomic E-state index is 9.86. The molecule has 0 bridgehead atoms. The molecule has 0 amide bonds. The largest absolute Gasteiger partial charge is 0.512 e. The Morgan fingerprint density at radius 1 is 1.07 bits per heavy atom. The predicted molar refractivity (Wildman–Crippen MR) is 59.0 cm³/mol. The third-order valence-corrected chi connectivity index (χ3v) is 2.77. The van der Waals surface area contributed by atoms with Gasteiger partial charge in [0.1, 0.15) is 0 Å². The molecule has 74 valence electrons. The standard InChI is InChI=1S/C13H16O/c1-13(2)8-11(12(14)9-13)10-6-4-3-5-7-10/h3-7,14H,8-9H2,1-2H3. The molecule has 0 aromatic heterocycles. The number of allylic oxidation sites excluding steroid dienone is 2. The first kappa shape index (κ1) is 9.32. The summed E-state index contributed by atoms with van der Waals surface area (Å²) in [5, 5.41) is 9.86. The van der Waals surface area contributed by atoms with Crippen LogP contribution in [0.15, 0.2) is 36.1 Å². The number of rotatable bonds is 1. The molecular formula is C13H16O. The van der Waals surface area contributed by atoms with Gasteiger partial charge >= 0.3 is 0 Å². The molecule has 0 saturated carbocycles. The minimum atomic E-state index is 0.218. The van der Waals surface area contributed by atoms with Crippen molar-refractivity contribution in [2.24, 2.45) is 5.41 Å². The van der Waals surface area contributed by atoms with E-state index < -0.39 is 0 Å². The van der Waals surface area contributed by atoms with Crippen LogP contribution < -0.4 is 0 Å². The minimum absolute atomic E-state index is 0.218. The zero-order valence-corrected chi connectivity index (χ0v) is 8.75. The molecule has 1 aliphatic carbocycles. The Hall–Kier alpha value is -1.24. The van der Waals surface area contributed by atoms with E-state index in [4.69, 9.17) is 0 Å². The first-order chi connectivity index (χ1) is 6.58. The monoisotopic (exact) mass is 188 g/mol. The molecule has 1 aliphatic rings. The fourth-order valence-corrected chi connectivity index (χ4v) is 2.11. The Kier molecular flexibility index (Phi) is 2.10. The van der Waals surface area contributed by atoms with Crippen molar-refractivity contribution < 1.29 is 5.11 Å². The average Bonchev–Trinajstić information content (AvgIpc) is 2.41. The van der Waals surface area contributed by atoms with Crippen LogP contribution in [0, 0.1) is 5.41 Å². The van der Waals surface area contributed by atoms with Crippen molar-refractivity contribution in [2.75, 3.05) is 0 Å². The van der Waals surface area contributed by atoms with E-state index in [0.717, 1.165) is 24.0 Å². The van der Waals surface area contributed by atoms with E-state index in [-0.39, 0.29) is 5.41 Å². The van der Waals surface area contributed by atoms with Gasteiger partial charge in [-0.05, 0) is 23.0 Å². The van der Waals surface area contributed by atoms with E-state index in [2.05, 4.69) is 26.0 Å².